The summed E-state index contributed by atoms with van der Waals surface area (Å²) in [7, 11) is -3.52. The molecule has 0 atom stereocenters. The molecule has 2 N–H and O–H groups in total. The number of rotatable bonds is 5. The van der Waals surface area contributed by atoms with E-state index in [1.54, 1.807) is 30.5 Å². The molecular weight excluding hydrogens is 449 g/mol. The van der Waals surface area contributed by atoms with Crippen LogP contribution in [0.15, 0.2) is 49.2 Å². The van der Waals surface area contributed by atoms with Gasteiger partial charge in [0.1, 0.15) is 11.8 Å². The van der Waals surface area contributed by atoms with Crippen LogP contribution in [0.1, 0.15) is 0 Å². The third kappa shape index (κ3) is 4.56. The lowest BCUT2D eigenvalue weighted by Crippen LogP contribution is -2.10. The van der Waals surface area contributed by atoms with Crippen molar-refractivity contribution < 1.29 is 8.42 Å². The lowest BCUT2D eigenvalue weighted by molar-refractivity contribution is 0.607. The summed E-state index contributed by atoms with van der Waals surface area (Å²) in [5, 5.41) is 3.64. The molecule has 4 aromatic rings. The van der Waals surface area contributed by atoms with Crippen molar-refractivity contribution in [1.82, 2.24) is 24.9 Å². The van der Waals surface area contributed by atoms with Crippen molar-refractivity contribution in [2.75, 3.05) is 16.3 Å². The highest BCUT2D eigenvalue weighted by molar-refractivity contribution is 7.92. The number of anilines is 3. The number of halogens is 2. The Labute approximate surface area is 181 Å². The third-order valence-corrected chi connectivity index (χ3v) is 4.98. The molecule has 0 aromatic carbocycles. The van der Waals surface area contributed by atoms with Gasteiger partial charge in [-0.1, -0.05) is 23.2 Å². The Morgan fingerprint density at radius 1 is 1.00 bits per heavy atom. The minimum absolute atomic E-state index is 0.0316. The highest BCUT2D eigenvalue weighted by Crippen LogP contribution is 2.29. The summed E-state index contributed by atoms with van der Waals surface area (Å²) < 4.78 is 25.5. The first-order chi connectivity index (χ1) is 14.3. The van der Waals surface area contributed by atoms with E-state index in [1.165, 1.54) is 18.7 Å². The van der Waals surface area contributed by atoms with Gasteiger partial charge in [0.05, 0.1) is 40.1 Å². The summed E-state index contributed by atoms with van der Waals surface area (Å²) in [5.41, 5.74) is 3.01. The molecule has 12 heteroatoms. The number of fused-ring (bicyclic) bond motifs is 1. The van der Waals surface area contributed by atoms with Crippen LogP contribution in [0.25, 0.3) is 22.3 Å². The number of nitrogens with zero attached hydrogens (tertiary/aromatic N) is 5. The van der Waals surface area contributed by atoms with Crippen LogP contribution in [0.3, 0.4) is 0 Å². The molecule has 0 aliphatic heterocycles. The maximum atomic E-state index is 11.6. The summed E-state index contributed by atoms with van der Waals surface area (Å²) in [6.45, 7) is 0. The van der Waals surface area contributed by atoms with E-state index in [1.807, 2.05) is 0 Å². The molecule has 0 amide bonds. The topological polar surface area (TPSA) is 123 Å². The maximum Gasteiger partial charge on any atom is 0.229 e. The molecule has 4 heterocycles. The highest BCUT2D eigenvalue weighted by Gasteiger charge is 2.13. The van der Waals surface area contributed by atoms with Gasteiger partial charge in [-0.3, -0.25) is 9.71 Å². The molecule has 9 nitrogen and oxygen atoms in total. The molecule has 0 saturated heterocycles. The molecule has 0 fully saturated rings. The van der Waals surface area contributed by atoms with Crippen molar-refractivity contribution in [3.63, 3.8) is 0 Å². The van der Waals surface area contributed by atoms with E-state index in [9.17, 15) is 8.42 Å². The van der Waals surface area contributed by atoms with E-state index in [0.717, 1.165) is 6.26 Å². The van der Waals surface area contributed by atoms with Gasteiger partial charge in [0.25, 0.3) is 0 Å². The van der Waals surface area contributed by atoms with Crippen LogP contribution >= 0.6 is 23.2 Å². The van der Waals surface area contributed by atoms with Crippen molar-refractivity contribution in [3.8, 4) is 11.3 Å². The van der Waals surface area contributed by atoms with Crippen molar-refractivity contribution in [3.05, 3.63) is 59.4 Å². The van der Waals surface area contributed by atoms with E-state index in [0.29, 0.717) is 38.8 Å². The van der Waals surface area contributed by atoms with Crippen LogP contribution in [0.2, 0.25) is 10.2 Å². The molecule has 0 aliphatic rings. The maximum absolute atomic E-state index is 11.6. The Hall–Kier alpha value is -3.08. The molecule has 0 spiro atoms. The fourth-order valence-electron chi connectivity index (χ4n) is 2.67. The molecule has 0 bridgehead atoms. The van der Waals surface area contributed by atoms with Crippen molar-refractivity contribution in [2.24, 2.45) is 0 Å². The fourth-order valence-corrected chi connectivity index (χ4v) is 3.60. The minimum atomic E-state index is -3.52. The van der Waals surface area contributed by atoms with E-state index < -0.39 is 10.0 Å². The fraction of sp³-hybridized carbons (Fsp3) is 0.0556. The molecule has 4 aromatic heterocycles. The Morgan fingerprint density at radius 3 is 2.60 bits per heavy atom. The quantitative estimate of drug-likeness (QED) is 0.428. The number of hydrogen-bond donors (Lipinski definition) is 2. The molecule has 30 heavy (non-hydrogen) atoms. The zero-order valence-corrected chi connectivity index (χ0v) is 17.7. The van der Waals surface area contributed by atoms with E-state index >= 15 is 0 Å². The van der Waals surface area contributed by atoms with E-state index in [2.05, 4.69) is 35.0 Å². The van der Waals surface area contributed by atoms with E-state index in [4.69, 9.17) is 23.2 Å². The molecule has 0 unspecified atom stereocenters. The van der Waals surface area contributed by atoms with Gasteiger partial charge >= 0.3 is 0 Å². The lowest BCUT2D eigenvalue weighted by Gasteiger charge is -2.10. The van der Waals surface area contributed by atoms with Crippen molar-refractivity contribution in [2.45, 2.75) is 0 Å². The Bertz CT molecular complexity index is 1370. The molecule has 0 aliphatic carbocycles. The zero-order valence-electron chi connectivity index (χ0n) is 15.3. The van der Waals surface area contributed by atoms with Crippen molar-refractivity contribution in [1.29, 1.82) is 0 Å². The number of sulfonamides is 1. The van der Waals surface area contributed by atoms with Crippen LogP contribution in [0.4, 0.5) is 17.2 Å². The second-order valence-corrected chi connectivity index (χ2v) is 8.78. The normalized spacial score (nSPS) is 11.4. The van der Waals surface area contributed by atoms with Gasteiger partial charge in [-0.05, 0) is 24.3 Å². The van der Waals surface area contributed by atoms with E-state index in [-0.39, 0.29) is 10.8 Å². The van der Waals surface area contributed by atoms with Gasteiger partial charge in [0.2, 0.25) is 10.0 Å². The van der Waals surface area contributed by atoms with Gasteiger partial charge < -0.3 is 5.32 Å². The number of hydrogen-bond acceptors (Lipinski definition) is 8. The monoisotopic (exact) mass is 461 g/mol. The Balaban J connectivity index is 1.77. The lowest BCUT2D eigenvalue weighted by atomic mass is 10.1. The standard InChI is InChI=1S/C18H13Cl2N7O2S/c1-30(28,29)27-15-4-10(6-22-17(15)20)13-2-3-14-16(26-13)18(24-9-23-14)25-12-5-11(19)7-21-8-12/h2-9,27H,1H3,(H,23,24,25). The van der Waals surface area contributed by atoms with Gasteiger partial charge in [-0.25, -0.2) is 28.4 Å². The van der Waals surface area contributed by atoms with Gasteiger partial charge in [0.15, 0.2) is 11.0 Å². The predicted octanol–water partition coefficient (Wildman–Crippen LogP) is 3.90. The van der Waals surface area contributed by atoms with Crippen LogP contribution in [0.5, 0.6) is 0 Å². The van der Waals surface area contributed by atoms with Crippen LogP contribution in [-0.4, -0.2) is 39.6 Å². The summed E-state index contributed by atoms with van der Waals surface area (Å²) in [6.07, 6.45) is 7.08. The SMILES string of the molecule is CS(=O)(=O)Nc1cc(-c2ccc3ncnc(Nc4cncc(Cl)c4)c3n2)cnc1Cl. The Kier molecular flexibility index (Phi) is 5.37. The molecule has 0 radical (unpaired) electrons. The average Bonchev–Trinajstić information content (AvgIpc) is 2.69. The smallest absolute Gasteiger partial charge is 0.229 e. The van der Waals surface area contributed by atoms with Crippen LogP contribution in [0, 0.1) is 0 Å². The first-order valence-corrected chi connectivity index (χ1v) is 11.1. The van der Waals surface area contributed by atoms with Crippen LogP contribution in [-0.2, 0) is 10.0 Å². The van der Waals surface area contributed by atoms with Crippen molar-refractivity contribution >= 4 is 61.5 Å². The summed E-state index contributed by atoms with van der Waals surface area (Å²) >= 11 is 12.0. The molecular formula is C18H13Cl2N7O2S. The third-order valence-electron chi connectivity index (χ3n) is 3.88. The zero-order chi connectivity index (χ0) is 21.3. The minimum Gasteiger partial charge on any atom is -0.337 e. The van der Waals surface area contributed by atoms with Gasteiger partial charge in [-0.2, -0.15) is 0 Å². The molecule has 152 valence electrons. The van der Waals surface area contributed by atoms with Gasteiger partial charge in [-0.15, -0.1) is 0 Å². The number of nitrogens with one attached hydrogen (secondary N) is 2. The van der Waals surface area contributed by atoms with Crippen LogP contribution < -0.4 is 10.0 Å². The number of aromatic nitrogens is 5. The summed E-state index contributed by atoms with van der Waals surface area (Å²) in [4.78, 5) is 21.2. The predicted molar refractivity (Wildman–Crippen MR) is 117 cm³/mol. The summed E-state index contributed by atoms with van der Waals surface area (Å²) in [5.74, 6) is 0.460. The largest absolute Gasteiger partial charge is 0.337 e. The average molecular weight is 462 g/mol. The second-order valence-electron chi connectivity index (χ2n) is 6.24. The first kappa shape index (κ1) is 20.2. The first-order valence-electron chi connectivity index (χ1n) is 8.41. The molecule has 0 saturated carbocycles. The second kappa shape index (κ2) is 7.98. The highest BCUT2D eigenvalue weighted by atomic mass is 35.5. The molecule has 4 rings (SSSR count). The Morgan fingerprint density at radius 2 is 1.83 bits per heavy atom. The number of pyridine rings is 3. The van der Waals surface area contributed by atoms with Gasteiger partial charge in [0, 0.05) is 18.0 Å². The summed E-state index contributed by atoms with van der Waals surface area (Å²) in [6, 6.07) is 6.79.